The molecule has 9 heteroatoms. The summed E-state index contributed by atoms with van der Waals surface area (Å²) in [5.74, 6) is -0.499. The first-order chi connectivity index (χ1) is 9.37. The molecule has 1 atom stereocenters. The molecule has 1 aromatic rings. The summed E-state index contributed by atoms with van der Waals surface area (Å²) in [7, 11) is 0. The Morgan fingerprint density at radius 2 is 2.40 bits per heavy atom. The Labute approximate surface area is 117 Å². The molecule has 1 amide bonds. The van der Waals surface area contributed by atoms with Crippen LogP contribution in [0.3, 0.4) is 0 Å². The van der Waals surface area contributed by atoms with Crippen molar-refractivity contribution < 1.29 is 22.7 Å². The first-order valence-electron chi connectivity index (χ1n) is 5.96. The molecule has 2 heterocycles. The smallest absolute Gasteiger partial charge is 0.378 e. The highest BCUT2D eigenvalue weighted by Gasteiger charge is 2.38. The van der Waals surface area contributed by atoms with Gasteiger partial charge < -0.3 is 10.1 Å². The van der Waals surface area contributed by atoms with Crippen LogP contribution in [-0.4, -0.2) is 54.3 Å². The van der Waals surface area contributed by atoms with Crippen LogP contribution in [0.5, 0.6) is 0 Å². The van der Waals surface area contributed by atoms with E-state index in [0.29, 0.717) is 10.7 Å². The Morgan fingerprint density at radius 1 is 1.65 bits per heavy atom. The van der Waals surface area contributed by atoms with E-state index in [1.165, 1.54) is 11.3 Å². The summed E-state index contributed by atoms with van der Waals surface area (Å²) in [4.78, 5) is 17.2. The lowest BCUT2D eigenvalue weighted by molar-refractivity contribution is -0.165. The topological polar surface area (TPSA) is 54.5 Å². The van der Waals surface area contributed by atoms with Gasteiger partial charge in [-0.05, 0) is 6.92 Å². The molecule has 1 fully saturated rings. The zero-order valence-electron chi connectivity index (χ0n) is 10.7. The Bertz CT molecular complexity index is 478. The van der Waals surface area contributed by atoms with Crippen molar-refractivity contribution >= 4 is 22.2 Å². The van der Waals surface area contributed by atoms with Gasteiger partial charge in [0.2, 0.25) is 5.91 Å². The Morgan fingerprint density at radius 3 is 3.00 bits per heavy atom. The van der Waals surface area contributed by atoms with Crippen LogP contribution in [0.1, 0.15) is 5.69 Å². The van der Waals surface area contributed by atoms with Gasteiger partial charge in [-0.25, -0.2) is 4.98 Å². The van der Waals surface area contributed by atoms with Crippen LogP contribution in [0.25, 0.3) is 0 Å². The normalized spacial score (nSPS) is 20.9. The van der Waals surface area contributed by atoms with Gasteiger partial charge in [-0.1, -0.05) is 0 Å². The summed E-state index contributed by atoms with van der Waals surface area (Å²) in [6.45, 7) is 0.839. The molecule has 0 saturated carbocycles. The van der Waals surface area contributed by atoms with Gasteiger partial charge in [0, 0.05) is 6.54 Å². The van der Waals surface area contributed by atoms with Gasteiger partial charge in [0.15, 0.2) is 0 Å². The number of aromatic nitrogens is 1. The molecule has 2 rings (SSSR count). The average molecular weight is 309 g/mol. The van der Waals surface area contributed by atoms with Gasteiger partial charge in [0.25, 0.3) is 0 Å². The molecule has 1 saturated heterocycles. The van der Waals surface area contributed by atoms with E-state index in [0.717, 1.165) is 4.90 Å². The zero-order valence-corrected chi connectivity index (χ0v) is 11.6. The van der Waals surface area contributed by atoms with E-state index in [1.54, 1.807) is 12.4 Å². The lowest BCUT2D eigenvalue weighted by atomic mass is 10.2. The maximum absolute atomic E-state index is 12.5. The second-order valence-electron chi connectivity index (χ2n) is 4.43. The van der Waals surface area contributed by atoms with Gasteiger partial charge in [-0.15, -0.1) is 11.3 Å². The number of amides is 1. The third-order valence-corrected chi connectivity index (χ3v) is 3.75. The molecule has 112 valence electrons. The second-order valence-corrected chi connectivity index (χ2v) is 5.29. The van der Waals surface area contributed by atoms with Crippen molar-refractivity contribution in [2.75, 3.05) is 31.6 Å². The molecule has 1 N–H and O–H groups in total. The third-order valence-electron chi connectivity index (χ3n) is 2.91. The molecule has 0 aromatic carbocycles. The Hall–Kier alpha value is -1.19. The van der Waals surface area contributed by atoms with Gasteiger partial charge in [0.1, 0.15) is 11.0 Å². The van der Waals surface area contributed by atoms with Gasteiger partial charge in [-0.3, -0.25) is 9.69 Å². The maximum atomic E-state index is 12.5. The molecule has 1 aliphatic heterocycles. The number of ether oxygens (including phenoxy) is 1. The molecular weight excluding hydrogens is 295 g/mol. The average Bonchev–Trinajstić information content (AvgIpc) is 2.73. The predicted molar refractivity (Wildman–Crippen MR) is 67.7 cm³/mol. The molecule has 0 spiro atoms. The fraction of sp³-hybridized carbons (Fsp3) is 0.636. The van der Waals surface area contributed by atoms with E-state index in [-0.39, 0.29) is 19.8 Å². The highest BCUT2D eigenvalue weighted by atomic mass is 32.1. The first-order valence-corrected chi connectivity index (χ1v) is 6.84. The lowest BCUT2D eigenvalue weighted by Crippen LogP contribution is -2.54. The minimum Gasteiger partial charge on any atom is -0.378 e. The standard InChI is InChI=1S/C11H14F3N3O2S/c1-7-10(20-6-15-7)16-9(18)8-4-19-3-2-17(8)5-11(12,13)14/h6,8H,2-5H2,1H3,(H,16,18). The predicted octanol–water partition coefficient (Wildman–Crippen LogP) is 1.65. The summed E-state index contributed by atoms with van der Waals surface area (Å²) in [5.41, 5.74) is 2.21. The van der Waals surface area contributed by atoms with E-state index in [2.05, 4.69) is 10.3 Å². The second kappa shape index (κ2) is 6.06. The summed E-state index contributed by atoms with van der Waals surface area (Å²) >= 11 is 1.23. The van der Waals surface area contributed by atoms with Crippen molar-refractivity contribution in [1.29, 1.82) is 0 Å². The van der Waals surface area contributed by atoms with E-state index in [4.69, 9.17) is 4.74 Å². The van der Waals surface area contributed by atoms with Crippen LogP contribution in [0.4, 0.5) is 18.2 Å². The van der Waals surface area contributed by atoms with E-state index in [9.17, 15) is 18.0 Å². The van der Waals surface area contributed by atoms with Gasteiger partial charge in [0.05, 0.1) is 31.0 Å². The van der Waals surface area contributed by atoms with Crippen LogP contribution < -0.4 is 5.32 Å². The minimum atomic E-state index is -4.34. The first kappa shape index (κ1) is 15.2. The molecule has 0 radical (unpaired) electrons. The van der Waals surface area contributed by atoms with E-state index in [1.807, 2.05) is 0 Å². The number of anilines is 1. The number of hydrogen-bond acceptors (Lipinski definition) is 5. The minimum absolute atomic E-state index is 0.0419. The van der Waals surface area contributed by atoms with Crippen molar-refractivity contribution in [1.82, 2.24) is 9.88 Å². The highest BCUT2D eigenvalue weighted by molar-refractivity contribution is 7.14. The van der Waals surface area contributed by atoms with E-state index < -0.39 is 24.7 Å². The number of morpholine rings is 1. The highest BCUT2D eigenvalue weighted by Crippen LogP contribution is 2.22. The molecule has 0 bridgehead atoms. The van der Waals surface area contributed by atoms with Crippen LogP contribution in [0, 0.1) is 6.92 Å². The van der Waals surface area contributed by atoms with Crippen molar-refractivity contribution in [2.45, 2.75) is 19.1 Å². The number of nitrogens with zero attached hydrogens (tertiary/aromatic N) is 2. The van der Waals surface area contributed by atoms with Crippen LogP contribution in [-0.2, 0) is 9.53 Å². The molecule has 0 aliphatic carbocycles. The number of halogens is 3. The molecular formula is C11H14F3N3O2S. The maximum Gasteiger partial charge on any atom is 0.401 e. The number of carbonyl (C=O) groups excluding carboxylic acids is 1. The van der Waals surface area contributed by atoms with Crippen LogP contribution >= 0.6 is 11.3 Å². The van der Waals surface area contributed by atoms with Crippen molar-refractivity contribution in [2.24, 2.45) is 0 Å². The van der Waals surface area contributed by atoms with Crippen LogP contribution in [0.15, 0.2) is 5.51 Å². The van der Waals surface area contributed by atoms with Gasteiger partial charge in [-0.2, -0.15) is 13.2 Å². The third kappa shape index (κ3) is 3.90. The molecule has 5 nitrogen and oxygen atoms in total. The number of rotatable bonds is 3. The fourth-order valence-electron chi connectivity index (χ4n) is 1.92. The summed E-state index contributed by atoms with van der Waals surface area (Å²) < 4.78 is 42.6. The number of nitrogens with one attached hydrogen (secondary N) is 1. The number of hydrogen-bond donors (Lipinski definition) is 1. The molecule has 1 unspecified atom stereocenters. The van der Waals surface area contributed by atoms with Crippen LogP contribution in [0.2, 0.25) is 0 Å². The van der Waals surface area contributed by atoms with Gasteiger partial charge >= 0.3 is 6.18 Å². The quantitative estimate of drug-likeness (QED) is 0.922. The number of carbonyl (C=O) groups is 1. The van der Waals surface area contributed by atoms with Crippen molar-refractivity contribution in [3.8, 4) is 0 Å². The van der Waals surface area contributed by atoms with Crippen molar-refractivity contribution in [3.05, 3.63) is 11.2 Å². The molecule has 20 heavy (non-hydrogen) atoms. The number of alkyl halides is 3. The monoisotopic (exact) mass is 309 g/mol. The SMILES string of the molecule is Cc1ncsc1NC(=O)C1COCCN1CC(F)(F)F. The molecule has 1 aliphatic rings. The largest absolute Gasteiger partial charge is 0.401 e. The van der Waals surface area contributed by atoms with Crippen molar-refractivity contribution in [3.63, 3.8) is 0 Å². The zero-order chi connectivity index (χ0) is 14.8. The lowest BCUT2D eigenvalue weighted by Gasteiger charge is -2.34. The molecule has 1 aromatic heterocycles. The fourth-order valence-corrected chi connectivity index (χ4v) is 2.62. The number of thiazole rings is 1. The Balaban J connectivity index is 2.04. The number of aryl methyl sites for hydroxylation is 1. The summed E-state index contributed by atoms with van der Waals surface area (Å²) in [6.07, 6.45) is -4.34. The summed E-state index contributed by atoms with van der Waals surface area (Å²) in [5, 5.41) is 3.15. The van der Waals surface area contributed by atoms with E-state index >= 15 is 0 Å². The Kier molecular flexibility index (Phi) is 4.61. The summed E-state index contributed by atoms with van der Waals surface area (Å²) in [6, 6.07) is -0.938.